The smallest absolute Gasteiger partial charge is 0.319 e. The van der Waals surface area contributed by atoms with E-state index in [2.05, 4.69) is 9.88 Å². The molecule has 7 rings (SSSR count). The van der Waals surface area contributed by atoms with Crippen molar-refractivity contribution in [1.82, 2.24) is 14.9 Å². The van der Waals surface area contributed by atoms with Gasteiger partial charge in [0.15, 0.2) is 12.6 Å². The van der Waals surface area contributed by atoms with Gasteiger partial charge in [-0.2, -0.15) is 9.97 Å². The van der Waals surface area contributed by atoms with Gasteiger partial charge in [0.25, 0.3) is 0 Å². The molecule has 3 aromatic carbocycles. The van der Waals surface area contributed by atoms with Gasteiger partial charge in [0, 0.05) is 37.6 Å². The minimum absolute atomic E-state index is 0.0146. The van der Waals surface area contributed by atoms with Crippen molar-refractivity contribution in [2.75, 3.05) is 64.8 Å². The van der Waals surface area contributed by atoms with E-state index >= 15 is 8.78 Å². The van der Waals surface area contributed by atoms with Crippen molar-refractivity contribution in [3.05, 3.63) is 52.6 Å². The molecular weight excluding hydrogens is 661 g/mol. The number of benzene rings is 3. The summed E-state index contributed by atoms with van der Waals surface area (Å²) in [5.41, 5.74) is -1.01. The van der Waals surface area contributed by atoms with Gasteiger partial charge in [-0.15, -0.1) is 0 Å². The number of halogens is 4. The fourth-order valence-corrected chi connectivity index (χ4v) is 8.08. The monoisotopic (exact) mass is 700 g/mol. The number of methoxy groups -OCH3 is 1. The Morgan fingerprint density at radius 3 is 2.78 bits per heavy atom. The molecular formula is C36H40ClF3N4O5. The Labute approximate surface area is 287 Å². The van der Waals surface area contributed by atoms with Crippen LogP contribution in [0.2, 0.25) is 5.02 Å². The van der Waals surface area contributed by atoms with E-state index in [0.717, 1.165) is 19.4 Å². The summed E-state index contributed by atoms with van der Waals surface area (Å²) in [6.45, 7) is 5.63. The lowest BCUT2D eigenvalue weighted by Crippen LogP contribution is -2.44. The van der Waals surface area contributed by atoms with E-state index in [0.29, 0.717) is 71.4 Å². The first kappa shape index (κ1) is 34.0. The van der Waals surface area contributed by atoms with E-state index in [9.17, 15) is 9.50 Å². The SMILES string of the molecule is CCc1c(F)ccc2cc(OCOC)cc(-c3c(Cl)cc4c(N5CCOCC(C)(O)C5)nc(OC[C@@]56CCCN5C[C@H](F)C6)nc4c3F)c12. The van der Waals surface area contributed by atoms with Crippen molar-refractivity contribution in [1.29, 1.82) is 0 Å². The molecule has 13 heteroatoms. The van der Waals surface area contributed by atoms with Gasteiger partial charge in [-0.1, -0.05) is 24.6 Å². The lowest BCUT2D eigenvalue weighted by Gasteiger charge is -2.31. The van der Waals surface area contributed by atoms with E-state index < -0.39 is 28.9 Å². The van der Waals surface area contributed by atoms with Crippen LogP contribution in [-0.2, 0) is 15.9 Å². The Hall–Kier alpha value is -3.42. The third kappa shape index (κ3) is 6.38. The topological polar surface area (TPSA) is 89.4 Å². The number of aryl methyl sites for hydroxylation is 1. The van der Waals surface area contributed by atoms with Crippen molar-refractivity contribution < 1.29 is 37.2 Å². The molecule has 3 fully saturated rings. The summed E-state index contributed by atoms with van der Waals surface area (Å²) in [6.07, 6.45) is 1.45. The van der Waals surface area contributed by atoms with Gasteiger partial charge >= 0.3 is 6.01 Å². The first-order chi connectivity index (χ1) is 23.5. The quantitative estimate of drug-likeness (QED) is 0.198. The van der Waals surface area contributed by atoms with Gasteiger partial charge in [-0.3, -0.25) is 4.90 Å². The number of anilines is 1. The number of hydrogen-bond donors (Lipinski definition) is 1. The summed E-state index contributed by atoms with van der Waals surface area (Å²) < 4.78 is 69.8. The first-order valence-corrected chi connectivity index (χ1v) is 17.0. The maximum absolute atomic E-state index is 17.3. The number of nitrogens with zero attached hydrogens (tertiary/aromatic N) is 4. The zero-order valence-electron chi connectivity index (χ0n) is 27.8. The molecule has 0 spiro atoms. The molecule has 3 aliphatic rings. The van der Waals surface area contributed by atoms with Crippen LogP contribution >= 0.6 is 11.6 Å². The molecule has 0 radical (unpaired) electrons. The molecule has 1 unspecified atom stereocenters. The maximum Gasteiger partial charge on any atom is 0.319 e. The van der Waals surface area contributed by atoms with Crippen molar-refractivity contribution in [2.24, 2.45) is 0 Å². The fraction of sp³-hybridized carbons (Fsp3) is 0.500. The van der Waals surface area contributed by atoms with E-state index in [-0.39, 0.29) is 48.7 Å². The highest BCUT2D eigenvalue weighted by Crippen LogP contribution is 2.45. The molecule has 9 nitrogen and oxygen atoms in total. The molecule has 0 amide bonds. The Morgan fingerprint density at radius 1 is 1.14 bits per heavy atom. The molecule has 1 N–H and O–H groups in total. The van der Waals surface area contributed by atoms with Gasteiger partial charge in [-0.05, 0) is 78.9 Å². The average molecular weight is 701 g/mol. The van der Waals surface area contributed by atoms with Gasteiger partial charge in [0.1, 0.15) is 41.3 Å². The number of ether oxygens (including phenoxy) is 4. The Bertz CT molecular complexity index is 1900. The lowest BCUT2D eigenvalue weighted by molar-refractivity contribution is -0.0123. The Balaban J connectivity index is 1.42. The largest absolute Gasteiger partial charge is 0.468 e. The zero-order valence-corrected chi connectivity index (χ0v) is 28.6. The molecule has 49 heavy (non-hydrogen) atoms. The van der Waals surface area contributed by atoms with E-state index in [1.807, 2.05) is 11.8 Å². The number of aromatic nitrogens is 2. The van der Waals surface area contributed by atoms with Crippen LogP contribution in [0.25, 0.3) is 32.8 Å². The molecule has 0 aliphatic carbocycles. The maximum atomic E-state index is 17.3. The van der Waals surface area contributed by atoms with E-state index in [1.54, 1.807) is 31.2 Å². The van der Waals surface area contributed by atoms with Crippen molar-refractivity contribution >= 4 is 39.1 Å². The molecule has 0 saturated carbocycles. The molecule has 3 aliphatic heterocycles. The summed E-state index contributed by atoms with van der Waals surface area (Å²) in [5.74, 6) is -0.472. The van der Waals surface area contributed by atoms with Crippen LogP contribution in [0.5, 0.6) is 11.8 Å². The molecule has 262 valence electrons. The standard InChI is InChI=1S/C36H40ClF3N4O5/c1-4-24-28(39)7-6-21-12-23(49-20-46-3)13-25(29(21)24)30-27(37)14-26-32(31(30)40)41-34(42-33(26)43-10-11-47-18-35(2,45)17-43)48-19-36-8-5-9-44(36)16-22(38)15-36/h6-7,12-14,22,45H,4-5,8-11,15-20H2,1-3H3/t22-,35?,36+/m1/s1. The highest BCUT2D eigenvalue weighted by molar-refractivity contribution is 6.35. The van der Waals surface area contributed by atoms with Crippen LogP contribution in [-0.4, -0.2) is 97.2 Å². The Morgan fingerprint density at radius 2 is 1.98 bits per heavy atom. The van der Waals surface area contributed by atoms with Crippen molar-refractivity contribution in [3.63, 3.8) is 0 Å². The highest BCUT2D eigenvalue weighted by Gasteiger charge is 2.49. The average Bonchev–Trinajstić information content (AvgIpc) is 3.52. The van der Waals surface area contributed by atoms with Gasteiger partial charge < -0.3 is 29.0 Å². The summed E-state index contributed by atoms with van der Waals surface area (Å²) in [4.78, 5) is 13.3. The molecule has 0 bridgehead atoms. The van der Waals surface area contributed by atoms with Crippen LogP contribution < -0.4 is 14.4 Å². The first-order valence-electron chi connectivity index (χ1n) is 16.7. The third-order valence-corrected chi connectivity index (χ3v) is 10.2. The third-order valence-electron chi connectivity index (χ3n) is 9.93. The second-order valence-corrected chi connectivity index (χ2v) is 14.0. The number of β-amino-alcohol motifs (C(OH)–C–C–N with tert-alkyl or cyclic N) is 1. The van der Waals surface area contributed by atoms with Crippen molar-refractivity contribution in [2.45, 2.75) is 56.8 Å². The van der Waals surface area contributed by atoms with Crippen LogP contribution in [0, 0.1) is 11.6 Å². The molecule has 3 saturated heterocycles. The molecule has 3 atom stereocenters. The molecule has 4 heterocycles. The van der Waals surface area contributed by atoms with E-state index in [1.165, 1.54) is 13.2 Å². The van der Waals surface area contributed by atoms with Crippen molar-refractivity contribution in [3.8, 4) is 22.9 Å². The number of hydrogen-bond acceptors (Lipinski definition) is 9. The lowest BCUT2D eigenvalue weighted by atomic mass is 9.92. The number of aliphatic hydroxyl groups is 1. The van der Waals surface area contributed by atoms with Crippen LogP contribution in [0.15, 0.2) is 30.3 Å². The second kappa shape index (κ2) is 13.4. The van der Waals surface area contributed by atoms with Gasteiger partial charge in [0.05, 0.1) is 30.3 Å². The van der Waals surface area contributed by atoms with Crippen LogP contribution in [0.4, 0.5) is 19.0 Å². The summed E-state index contributed by atoms with van der Waals surface area (Å²) in [6, 6.07) is 7.89. The summed E-state index contributed by atoms with van der Waals surface area (Å²) >= 11 is 6.98. The predicted octanol–water partition coefficient (Wildman–Crippen LogP) is 6.47. The minimum Gasteiger partial charge on any atom is -0.468 e. The van der Waals surface area contributed by atoms with Gasteiger partial charge in [0.2, 0.25) is 0 Å². The normalized spacial score (nSPS) is 24.5. The summed E-state index contributed by atoms with van der Waals surface area (Å²) in [5, 5.41) is 12.5. The minimum atomic E-state index is -1.22. The number of fused-ring (bicyclic) bond motifs is 3. The predicted molar refractivity (Wildman–Crippen MR) is 181 cm³/mol. The van der Waals surface area contributed by atoms with Crippen LogP contribution in [0.3, 0.4) is 0 Å². The Kier molecular flexibility index (Phi) is 9.29. The number of alkyl halides is 1. The molecule has 4 aromatic rings. The highest BCUT2D eigenvalue weighted by atomic mass is 35.5. The summed E-state index contributed by atoms with van der Waals surface area (Å²) in [7, 11) is 1.49. The number of rotatable bonds is 9. The second-order valence-electron chi connectivity index (χ2n) is 13.6. The zero-order chi connectivity index (χ0) is 34.5. The fourth-order valence-electron chi connectivity index (χ4n) is 7.78. The van der Waals surface area contributed by atoms with Crippen LogP contribution in [0.1, 0.15) is 38.7 Å². The molecule has 1 aromatic heterocycles. The van der Waals surface area contributed by atoms with E-state index in [4.69, 9.17) is 35.5 Å². The van der Waals surface area contributed by atoms with Gasteiger partial charge in [-0.25, -0.2) is 13.2 Å².